The highest BCUT2D eigenvalue weighted by molar-refractivity contribution is 6.38. The molecule has 1 aromatic heterocycles. The van der Waals surface area contributed by atoms with Crippen LogP contribution in [0.5, 0.6) is 0 Å². The number of amides is 5. The highest BCUT2D eigenvalue weighted by Gasteiger charge is 2.45. The molecule has 0 aromatic carbocycles. The number of ether oxygens (including phenoxy) is 2. The van der Waals surface area contributed by atoms with Gasteiger partial charge in [0, 0.05) is 24.9 Å². The molecule has 2 heterocycles. The van der Waals surface area contributed by atoms with Gasteiger partial charge in [0.05, 0.1) is 25.9 Å². The minimum Gasteiger partial charge on any atom is -0.497 e. The summed E-state index contributed by atoms with van der Waals surface area (Å²) in [6.45, 7) is 25.8. The highest BCUT2D eigenvalue weighted by atomic mass is 35.5. The van der Waals surface area contributed by atoms with Crippen molar-refractivity contribution in [2.45, 2.75) is 195 Å². The number of hydrogen-bond donors (Lipinski definition) is 4. The van der Waals surface area contributed by atoms with Crippen LogP contribution in [0.4, 0.5) is 0 Å². The van der Waals surface area contributed by atoms with E-state index in [1.165, 1.54) is 37.5 Å². The van der Waals surface area contributed by atoms with E-state index in [0.717, 1.165) is 44.9 Å². The largest absolute Gasteiger partial charge is 0.497 e. The second kappa shape index (κ2) is 29.8. The number of hydrogen-bond acceptors (Lipinski definition) is 10. The Labute approximate surface area is 400 Å². The molecule has 0 spiro atoms. The first-order valence-electron chi connectivity index (χ1n) is 24.1. The number of rotatable bonds is 16. The Morgan fingerprint density at radius 3 is 2.08 bits per heavy atom. The molecular weight excluding hydrogens is 862 g/mol. The van der Waals surface area contributed by atoms with E-state index < -0.39 is 70.5 Å². The van der Waals surface area contributed by atoms with Gasteiger partial charge in [-0.1, -0.05) is 108 Å². The van der Waals surface area contributed by atoms with Gasteiger partial charge in [-0.15, -0.1) is 11.6 Å². The summed E-state index contributed by atoms with van der Waals surface area (Å²) < 4.78 is 11.7. The van der Waals surface area contributed by atoms with E-state index in [-0.39, 0.29) is 37.0 Å². The van der Waals surface area contributed by atoms with Crippen LogP contribution in [0.1, 0.15) is 165 Å². The zero-order chi connectivity index (χ0) is 50.2. The monoisotopic (exact) mass is 944 g/mol. The first kappa shape index (κ1) is 59.2. The summed E-state index contributed by atoms with van der Waals surface area (Å²) in [5.74, 6) is -3.06. The molecule has 2 unspecified atom stereocenters. The van der Waals surface area contributed by atoms with Gasteiger partial charge < -0.3 is 35.6 Å². The molecule has 4 aliphatic rings. The first-order valence-corrected chi connectivity index (χ1v) is 24.5. The van der Waals surface area contributed by atoms with Crippen LogP contribution in [-0.4, -0.2) is 105 Å². The topological polar surface area (TPSA) is 198 Å². The molecule has 5 rings (SSSR count). The number of carbonyl (C=O) groups is 6. The Kier molecular flexibility index (Phi) is 26.7. The van der Waals surface area contributed by atoms with Crippen LogP contribution >= 0.6 is 11.6 Å². The summed E-state index contributed by atoms with van der Waals surface area (Å²) in [6, 6.07) is -4.32. The number of halogens is 1. The molecule has 2 saturated carbocycles. The van der Waals surface area contributed by atoms with E-state index >= 15 is 0 Å². The molecule has 3 fully saturated rings. The summed E-state index contributed by atoms with van der Waals surface area (Å²) in [5, 5.41) is 11.0. The maximum absolute atomic E-state index is 14.3. The van der Waals surface area contributed by atoms with E-state index in [4.69, 9.17) is 21.1 Å². The molecule has 66 heavy (non-hydrogen) atoms. The number of alkyl halides is 1. The van der Waals surface area contributed by atoms with Gasteiger partial charge >= 0.3 is 0 Å². The Hall–Kier alpha value is -4.79. The third-order valence-electron chi connectivity index (χ3n) is 10.4. The van der Waals surface area contributed by atoms with Gasteiger partial charge in [0.1, 0.15) is 46.3 Å². The summed E-state index contributed by atoms with van der Waals surface area (Å²) >= 11 is 6.84. The second-order valence-electron chi connectivity index (χ2n) is 17.8. The van der Waals surface area contributed by atoms with Crippen LogP contribution in [-0.2, 0) is 33.4 Å². The first-order chi connectivity index (χ1) is 31.3. The lowest BCUT2D eigenvalue weighted by atomic mass is 9.83. The minimum atomic E-state index is -1.12. The standard InChI is InChI=1S/C39H52ClN7O8.C5H12.3C2H6/c1-5-9-28(33(48)37(52)44-25-12-13-25)45-35(50)30-20-27(55-31-15-14-26(54-4)16-17-39(31,3)40)22-47(30)38(53)23(2)43-36(51)32(24-10-7-6-8-11-24)46-34(49)29-21-41-18-19-42-29;1-5(2,3)4;3*1-2/h14-19,21,23-25,27-28,30,32H,5-13,20,22H2,1-4H3,(H,43,51)(H,44,52)(H,45,50)(H,46,49);1-4H3;3*1-2H3/t23-,27+,28-,30-,32?,39?;;;;/m0..../s1. The normalized spacial score (nSPS) is 21.3. The van der Waals surface area contributed by atoms with E-state index in [1.54, 1.807) is 31.2 Å². The van der Waals surface area contributed by atoms with Crippen LogP contribution in [0, 0.1) is 11.3 Å². The lowest BCUT2D eigenvalue weighted by Gasteiger charge is -2.32. The zero-order valence-corrected chi connectivity index (χ0v) is 43.1. The zero-order valence-electron chi connectivity index (χ0n) is 42.3. The SMILES string of the molecule is CC.CC.CC.CC(C)(C)C.CCC[C@H](NC(=O)[C@@H]1C[C@@H](OC2=CC=C(OC)C=CC2(C)Cl)CN1C(=O)[C@H](C)NC(=O)C(NC(=O)c1cnccn1)C1CCCCC1)C(=O)C(=O)NC1CC1. The van der Waals surface area contributed by atoms with Gasteiger partial charge in [0.15, 0.2) is 0 Å². The van der Waals surface area contributed by atoms with E-state index in [0.29, 0.717) is 23.4 Å². The molecule has 0 radical (unpaired) electrons. The van der Waals surface area contributed by atoms with Gasteiger partial charge in [0.25, 0.3) is 11.8 Å². The summed E-state index contributed by atoms with van der Waals surface area (Å²) in [5.41, 5.74) is 0.559. The molecule has 1 aliphatic heterocycles. The molecule has 6 atom stereocenters. The molecule has 5 amide bonds. The number of nitrogens with zero attached hydrogens (tertiary/aromatic N) is 3. The van der Waals surface area contributed by atoms with Crippen molar-refractivity contribution in [2.24, 2.45) is 11.3 Å². The second-order valence-corrected chi connectivity index (χ2v) is 18.6. The van der Waals surface area contributed by atoms with E-state index in [9.17, 15) is 28.8 Å². The molecule has 1 aromatic rings. The average molecular weight is 945 g/mol. The molecule has 15 nitrogen and oxygen atoms in total. The Morgan fingerprint density at radius 2 is 1.53 bits per heavy atom. The number of aromatic nitrogens is 2. The Bertz CT molecular complexity index is 1780. The lowest BCUT2D eigenvalue weighted by molar-refractivity contribution is -0.143. The number of allylic oxidation sites excluding steroid dienone is 4. The van der Waals surface area contributed by atoms with Crippen molar-refractivity contribution in [3.63, 3.8) is 0 Å². The van der Waals surface area contributed by atoms with Gasteiger partial charge in [-0.05, 0) is 75.5 Å². The summed E-state index contributed by atoms with van der Waals surface area (Å²) in [4.78, 5) is 89.5. The van der Waals surface area contributed by atoms with Crippen molar-refractivity contribution in [3.8, 4) is 0 Å². The minimum absolute atomic E-state index is 0.0350. The van der Waals surface area contributed by atoms with Crippen molar-refractivity contribution in [1.82, 2.24) is 36.1 Å². The van der Waals surface area contributed by atoms with Crippen molar-refractivity contribution in [3.05, 3.63) is 60.1 Å². The fourth-order valence-electron chi connectivity index (χ4n) is 7.12. The molecular formula is C50H82ClN7O8. The number of likely N-dealkylation sites (tertiary alicyclic amines) is 1. The van der Waals surface area contributed by atoms with Gasteiger partial charge in [-0.3, -0.25) is 33.8 Å². The van der Waals surface area contributed by atoms with Crippen molar-refractivity contribution in [1.29, 1.82) is 0 Å². The number of carbonyl (C=O) groups excluding carboxylic acids is 6. The number of methoxy groups -OCH3 is 1. The van der Waals surface area contributed by atoms with Crippen molar-refractivity contribution < 1.29 is 38.2 Å². The fraction of sp³-hybridized carbons (Fsp3) is 0.680. The van der Waals surface area contributed by atoms with Crippen molar-refractivity contribution in [2.75, 3.05) is 13.7 Å². The predicted molar refractivity (Wildman–Crippen MR) is 261 cm³/mol. The van der Waals surface area contributed by atoms with Crippen LogP contribution in [0.3, 0.4) is 0 Å². The lowest BCUT2D eigenvalue weighted by Crippen LogP contribution is -2.58. The Morgan fingerprint density at radius 1 is 0.909 bits per heavy atom. The number of Topliss-reactive ketones (excluding diaryl/α,β-unsaturated/α-hetero) is 1. The highest BCUT2D eigenvalue weighted by Crippen LogP contribution is 2.34. The van der Waals surface area contributed by atoms with Crippen LogP contribution in [0.25, 0.3) is 0 Å². The third kappa shape index (κ3) is 20.0. The van der Waals surface area contributed by atoms with E-state index in [2.05, 4.69) is 58.9 Å². The maximum Gasteiger partial charge on any atom is 0.289 e. The fourth-order valence-corrected chi connectivity index (χ4v) is 7.29. The van der Waals surface area contributed by atoms with Crippen LogP contribution < -0.4 is 21.3 Å². The van der Waals surface area contributed by atoms with Crippen molar-refractivity contribution >= 4 is 46.9 Å². The number of ketones is 1. The van der Waals surface area contributed by atoms with Crippen LogP contribution in [0.2, 0.25) is 0 Å². The number of nitrogens with one attached hydrogen (secondary N) is 4. The van der Waals surface area contributed by atoms with Gasteiger partial charge in [-0.2, -0.15) is 0 Å². The predicted octanol–water partition coefficient (Wildman–Crippen LogP) is 7.89. The quantitative estimate of drug-likeness (QED) is 0.0934. The summed E-state index contributed by atoms with van der Waals surface area (Å²) in [7, 11) is 1.53. The Balaban J connectivity index is 0.00000181. The molecule has 16 heteroatoms. The molecule has 372 valence electrons. The van der Waals surface area contributed by atoms with Crippen LogP contribution in [0.15, 0.2) is 54.4 Å². The molecule has 3 aliphatic carbocycles. The van der Waals surface area contributed by atoms with E-state index in [1.807, 2.05) is 48.5 Å². The average Bonchev–Trinajstić information content (AvgIpc) is 4.05. The third-order valence-corrected chi connectivity index (χ3v) is 10.7. The van der Waals surface area contributed by atoms with Gasteiger partial charge in [0.2, 0.25) is 23.5 Å². The molecule has 0 bridgehead atoms. The summed E-state index contributed by atoms with van der Waals surface area (Å²) in [6.07, 6.45) is 16.8. The van der Waals surface area contributed by atoms with Gasteiger partial charge in [-0.25, -0.2) is 4.98 Å². The molecule has 1 saturated heterocycles. The molecule has 4 N–H and O–H groups in total. The smallest absolute Gasteiger partial charge is 0.289 e. The maximum atomic E-state index is 14.3.